The summed E-state index contributed by atoms with van der Waals surface area (Å²) in [6.07, 6.45) is 8.76. The number of nitrogens with zero attached hydrogens (tertiary/aromatic N) is 7. The minimum absolute atomic E-state index is 0.0155. The smallest absolute Gasteiger partial charge is 0.152 e. The monoisotopic (exact) mass is 540 g/mol. The molecule has 2 fully saturated rings. The van der Waals surface area contributed by atoms with Crippen molar-refractivity contribution < 1.29 is 9.26 Å². The summed E-state index contributed by atoms with van der Waals surface area (Å²) in [5, 5.41) is 13.9. The van der Waals surface area contributed by atoms with Crippen molar-refractivity contribution in [3.8, 4) is 6.07 Å². The van der Waals surface area contributed by atoms with Gasteiger partial charge in [-0.3, -0.25) is 0 Å². The molecule has 3 aromatic rings. The van der Waals surface area contributed by atoms with E-state index in [1.54, 1.807) is 7.11 Å². The first-order valence-electron chi connectivity index (χ1n) is 13.8. The van der Waals surface area contributed by atoms with Gasteiger partial charge in [0.05, 0.1) is 30.1 Å². The van der Waals surface area contributed by atoms with E-state index >= 15 is 0 Å². The first kappa shape index (κ1) is 27.2. The van der Waals surface area contributed by atoms with E-state index in [1.807, 2.05) is 19.9 Å². The van der Waals surface area contributed by atoms with E-state index in [4.69, 9.17) is 20.0 Å². The number of methoxy groups -OCH3 is 1. The molecule has 2 aliphatic heterocycles. The molecule has 0 amide bonds. The first-order valence-corrected chi connectivity index (χ1v) is 13.8. The van der Waals surface area contributed by atoms with E-state index in [-0.39, 0.29) is 11.9 Å². The molecule has 5 rings (SSSR count). The fourth-order valence-corrected chi connectivity index (χ4v) is 5.88. The lowest BCUT2D eigenvalue weighted by Gasteiger charge is -2.34. The molecule has 10 heteroatoms. The molecule has 0 bridgehead atoms. The lowest BCUT2D eigenvalue weighted by molar-refractivity contribution is 0.314. The highest BCUT2D eigenvalue weighted by Crippen LogP contribution is 2.42. The summed E-state index contributed by atoms with van der Waals surface area (Å²) in [4.78, 5) is 18.4. The molecule has 0 radical (unpaired) electrons. The number of hydrogen-bond acceptors (Lipinski definition) is 10. The summed E-state index contributed by atoms with van der Waals surface area (Å²) in [7, 11) is 1.64. The Morgan fingerprint density at radius 1 is 1.15 bits per heavy atom. The minimum atomic E-state index is 0.0155. The molecule has 1 unspecified atom stereocenters. The molecule has 2 aliphatic rings. The van der Waals surface area contributed by atoms with Gasteiger partial charge in [0, 0.05) is 36.8 Å². The second-order valence-electron chi connectivity index (χ2n) is 10.5. The van der Waals surface area contributed by atoms with Crippen LogP contribution in [0.2, 0.25) is 0 Å². The Kier molecular flexibility index (Phi) is 7.74. The third kappa shape index (κ3) is 4.99. The average molecular weight is 541 g/mol. The molecule has 0 aromatic carbocycles. The molecule has 0 aliphatic carbocycles. The van der Waals surface area contributed by atoms with Crippen molar-refractivity contribution in [1.82, 2.24) is 20.1 Å². The number of aromatic nitrogens is 4. The molecule has 2 N–H and O–H groups in total. The summed E-state index contributed by atoms with van der Waals surface area (Å²) in [6.45, 7) is 12.8. The van der Waals surface area contributed by atoms with Gasteiger partial charge in [-0.15, -0.1) is 0 Å². The Morgan fingerprint density at radius 3 is 2.60 bits per heavy atom. The zero-order valence-electron chi connectivity index (χ0n) is 23.7. The molecule has 208 valence electrons. The molecule has 3 aromatic heterocycles. The standard InChI is InChI=1S/C30H36N8O2/c1-18-14-22(25-10-9-13-38(25)29-23(16-31)28(32)33-17-34-29)30(37-11-7-6-8-12-37)35-24(18)15-26(39-5)19(2)27-20(3)36-40-21(27)4/h14-15,17,25H,2,6-13H2,1,3-5H3,(H2,32,33,34)/b26-15+. The van der Waals surface area contributed by atoms with Gasteiger partial charge in [-0.1, -0.05) is 11.7 Å². The topological polar surface area (TPSA) is 130 Å². The van der Waals surface area contributed by atoms with Crippen molar-refractivity contribution in [2.75, 3.05) is 42.3 Å². The number of allylic oxidation sites excluding steroid dienone is 1. The number of nitriles is 1. The lowest BCUT2D eigenvalue weighted by Crippen LogP contribution is -2.33. The van der Waals surface area contributed by atoms with Crippen molar-refractivity contribution in [1.29, 1.82) is 5.26 Å². The summed E-state index contributed by atoms with van der Waals surface area (Å²) in [6, 6.07) is 4.46. The fraction of sp³-hybridized carbons (Fsp3) is 0.433. The molecule has 0 spiro atoms. The normalized spacial score (nSPS) is 17.7. The molecule has 2 saturated heterocycles. The third-order valence-corrected chi connectivity index (χ3v) is 7.89. The number of hydrogen-bond donors (Lipinski definition) is 1. The Morgan fingerprint density at radius 2 is 1.93 bits per heavy atom. The zero-order valence-corrected chi connectivity index (χ0v) is 23.7. The summed E-state index contributed by atoms with van der Waals surface area (Å²) in [5.41, 5.74) is 11.7. The van der Waals surface area contributed by atoms with E-state index in [0.29, 0.717) is 28.5 Å². The number of nitrogen functional groups attached to an aromatic ring is 1. The Hall–Kier alpha value is -4.39. The molecule has 0 saturated carbocycles. The van der Waals surface area contributed by atoms with E-state index in [0.717, 1.165) is 79.2 Å². The van der Waals surface area contributed by atoms with Crippen LogP contribution in [0.3, 0.4) is 0 Å². The molecular formula is C30H36N8O2. The quantitative estimate of drug-likeness (QED) is 0.312. The number of ether oxygens (including phenoxy) is 1. The maximum atomic E-state index is 9.82. The van der Waals surface area contributed by atoms with Crippen LogP contribution in [0.15, 0.2) is 29.3 Å². The number of anilines is 3. The lowest BCUT2D eigenvalue weighted by atomic mass is 9.98. The van der Waals surface area contributed by atoms with E-state index in [9.17, 15) is 5.26 Å². The van der Waals surface area contributed by atoms with E-state index in [2.05, 4.69) is 50.6 Å². The Labute approximate surface area is 235 Å². The number of rotatable bonds is 7. The van der Waals surface area contributed by atoms with Crippen molar-refractivity contribution in [2.24, 2.45) is 0 Å². The van der Waals surface area contributed by atoms with E-state index < -0.39 is 0 Å². The van der Waals surface area contributed by atoms with Crippen LogP contribution < -0.4 is 15.5 Å². The largest absolute Gasteiger partial charge is 0.496 e. The van der Waals surface area contributed by atoms with Gasteiger partial charge in [-0.05, 0) is 64.5 Å². The molecule has 5 heterocycles. The van der Waals surface area contributed by atoms with Gasteiger partial charge in [-0.25, -0.2) is 15.0 Å². The van der Waals surface area contributed by atoms with Gasteiger partial charge in [-0.2, -0.15) is 5.26 Å². The van der Waals surface area contributed by atoms with Crippen molar-refractivity contribution >= 4 is 29.1 Å². The molecule has 10 nitrogen and oxygen atoms in total. The highest BCUT2D eigenvalue weighted by Gasteiger charge is 2.33. The van der Waals surface area contributed by atoms with Gasteiger partial charge in [0.2, 0.25) is 0 Å². The third-order valence-electron chi connectivity index (χ3n) is 7.89. The van der Waals surface area contributed by atoms with Crippen LogP contribution >= 0.6 is 0 Å². The van der Waals surface area contributed by atoms with Crippen LogP contribution in [0.5, 0.6) is 0 Å². The van der Waals surface area contributed by atoms with Crippen LogP contribution in [0.25, 0.3) is 11.6 Å². The predicted molar refractivity (Wildman–Crippen MR) is 156 cm³/mol. The molecular weight excluding hydrogens is 504 g/mol. The summed E-state index contributed by atoms with van der Waals surface area (Å²) < 4.78 is 11.2. The Balaban J connectivity index is 1.60. The van der Waals surface area contributed by atoms with Crippen molar-refractivity contribution in [2.45, 2.75) is 58.9 Å². The fourth-order valence-electron chi connectivity index (χ4n) is 5.88. The van der Waals surface area contributed by atoms with Gasteiger partial charge in [0.15, 0.2) is 5.82 Å². The minimum Gasteiger partial charge on any atom is -0.496 e. The first-order chi connectivity index (χ1) is 19.3. The zero-order chi connectivity index (χ0) is 28.4. The number of nitrogens with two attached hydrogens (primary N) is 1. The van der Waals surface area contributed by atoms with Crippen LogP contribution in [0, 0.1) is 32.1 Å². The molecule has 40 heavy (non-hydrogen) atoms. The summed E-state index contributed by atoms with van der Waals surface area (Å²) >= 11 is 0. The maximum Gasteiger partial charge on any atom is 0.152 e. The number of pyridine rings is 1. The average Bonchev–Trinajstić information content (AvgIpc) is 3.58. The van der Waals surface area contributed by atoms with Crippen LogP contribution in [0.1, 0.15) is 77.5 Å². The molecule has 1 atom stereocenters. The van der Waals surface area contributed by atoms with Crippen LogP contribution in [-0.2, 0) is 4.74 Å². The van der Waals surface area contributed by atoms with Crippen LogP contribution in [0.4, 0.5) is 17.5 Å². The van der Waals surface area contributed by atoms with Crippen LogP contribution in [-0.4, -0.2) is 46.9 Å². The van der Waals surface area contributed by atoms with Gasteiger partial charge < -0.3 is 24.8 Å². The SMILES string of the molecule is C=C(/C(=C\c1nc(N2CCCCC2)c(C2CCCN2c2ncnc(N)c2C#N)cc1C)OC)c1c(C)noc1C. The highest BCUT2D eigenvalue weighted by molar-refractivity contribution is 5.83. The second kappa shape index (κ2) is 11.4. The Bertz CT molecular complexity index is 1480. The van der Waals surface area contributed by atoms with Crippen molar-refractivity contribution in [3.05, 3.63) is 64.1 Å². The van der Waals surface area contributed by atoms with Gasteiger partial charge in [0.1, 0.15) is 41.1 Å². The van der Waals surface area contributed by atoms with Gasteiger partial charge in [0.25, 0.3) is 0 Å². The van der Waals surface area contributed by atoms with Gasteiger partial charge >= 0.3 is 0 Å². The number of aryl methyl sites for hydroxylation is 3. The predicted octanol–water partition coefficient (Wildman–Crippen LogP) is 5.27. The number of piperidine rings is 1. The second-order valence-corrected chi connectivity index (χ2v) is 10.5. The van der Waals surface area contributed by atoms with E-state index in [1.165, 1.54) is 12.7 Å². The van der Waals surface area contributed by atoms with Crippen molar-refractivity contribution in [3.63, 3.8) is 0 Å². The summed E-state index contributed by atoms with van der Waals surface area (Å²) in [5.74, 6) is 3.06. The maximum absolute atomic E-state index is 9.82. The highest BCUT2D eigenvalue weighted by atomic mass is 16.5.